The Labute approximate surface area is 88.9 Å². The van der Waals surface area contributed by atoms with Crippen molar-refractivity contribution in [2.24, 2.45) is 0 Å². The molecular weight excluding hydrogens is 227 g/mol. The van der Waals surface area contributed by atoms with Crippen LogP contribution < -0.4 is 0 Å². The highest BCUT2D eigenvalue weighted by Gasteiger charge is 2.34. The molecule has 1 aromatic carbocycles. The number of hydrogen-bond donors (Lipinski definition) is 1. The van der Waals surface area contributed by atoms with Gasteiger partial charge < -0.3 is 4.98 Å². The minimum absolute atomic E-state index is 0.181. The largest absolute Gasteiger partial charge is 0.431 e. The van der Waals surface area contributed by atoms with Gasteiger partial charge in [-0.2, -0.15) is 13.2 Å². The normalized spacial score (nSPS) is 12.3. The topological polar surface area (TPSA) is 15.8 Å². The zero-order valence-corrected chi connectivity index (χ0v) is 8.50. The molecule has 2 aromatic rings. The zero-order valence-electron chi connectivity index (χ0n) is 7.74. The molecule has 5 heteroatoms. The minimum Gasteiger partial charge on any atom is -0.351 e. The highest BCUT2D eigenvalue weighted by Crippen LogP contribution is 2.35. The second kappa shape index (κ2) is 3.17. The van der Waals surface area contributed by atoms with Crippen molar-refractivity contribution in [1.29, 1.82) is 0 Å². The predicted octanol–water partition coefficient (Wildman–Crippen LogP) is 4.15. The summed E-state index contributed by atoms with van der Waals surface area (Å²) >= 11 is 5.72. The summed E-state index contributed by atoms with van der Waals surface area (Å²) in [6.07, 6.45) is -4.35. The van der Waals surface area contributed by atoms with Crippen LogP contribution in [-0.4, -0.2) is 4.98 Å². The van der Waals surface area contributed by atoms with Crippen molar-refractivity contribution < 1.29 is 13.2 Å². The molecule has 15 heavy (non-hydrogen) atoms. The van der Waals surface area contributed by atoms with Gasteiger partial charge in [0.2, 0.25) is 0 Å². The molecule has 0 amide bonds. The average Bonchev–Trinajstić information content (AvgIpc) is 2.43. The van der Waals surface area contributed by atoms with Crippen LogP contribution in [0.15, 0.2) is 18.2 Å². The Hall–Kier alpha value is -1.16. The lowest BCUT2D eigenvalue weighted by atomic mass is 10.1. The van der Waals surface area contributed by atoms with E-state index in [9.17, 15) is 13.2 Å². The van der Waals surface area contributed by atoms with Crippen LogP contribution in [0.5, 0.6) is 0 Å². The van der Waals surface area contributed by atoms with Crippen molar-refractivity contribution in [2.45, 2.75) is 13.1 Å². The molecule has 0 aliphatic rings. The molecule has 1 aromatic heterocycles. The van der Waals surface area contributed by atoms with E-state index in [4.69, 9.17) is 11.6 Å². The molecule has 0 saturated carbocycles. The van der Waals surface area contributed by atoms with Gasteiger partial charge in [-0.25, -0.2) is 0 Å². The Bertz CT molecular complexity index is 513. The van der Waals surface area contributed by atoms with Gasteiger partial charge in [-0.15, -0.1) is 0 Å². The number of fused-ring (bicyclic) bond motifs is 1. The second-order valence-electron chi connectivity index (χ2n) is 3.31. The molecule has 2 rings (SSSR count). The maximum Gasteiger partial charge on any atom is 0.431 e. The average molecular weight is 234 g/mol. The van der Waals surface area contributed by atoms with E-state index in [0.717, 1.165) is 0 Å². The molecule has 0 fully saturated rings. The van der Waals surface area contributed by atoms with Gasteiger partial charge in [-0.05, 0) is 30.7 Å². The summed E-state index contributed by atoms with van der Waals surface area (Å²) in [7, 11) is 0. The zero-order chi connectivity index (χ0) is 11.2. The molecule has 0 radical (unpaired) electrons. The Morgan fingerprint density at radius 1 is 1.27 bits per heavy atom. The van der Waals surface area contributed by atoms with Crippen LogP contribution in [0.1, 0.15) is 11.3 Å². The summed E-state index contributed by atoms with van der Waals surface area (Å²) in [4.78, 5) is 2.35. The number of aromatic nitrogens is 1. The number of alkyl halides is 3. The van der Waals surface area contributed by atoms with E-state index in [1.54, 1.807) is 12.1 Å². The predicted molar refractivity (Wildman–Crippen MR) is 53.0 cm³/mol. The Morgan fingerprint density at radius 3 is 2.53 bits per heavy atom. The van der Waals surface area contributed by atoms with Gasteiger partial charge in [0.25, 0.3) is 0 Å². The molecule has 0 spiro atoms. The van der Waals surface area contributed by atoms with Crippen LogP contribution in [0.25, 0.3) is 10.9 Å². The SMILES string of the molecule is Cc1c(C(F)(F)F)[nH]c2ccc(Cl)cc12. The summed E-state index contributed by atoms with van der Waals surface area (Å²) in [6.45, 7) is 1.43. The first kappa shape index (κ1) is 10.4. The molecule has 1 nitrogen and oxygen atoms in total. The van der Waals surface area contributed by atoms with Crippen molar-refractivity contribution in [3.8, 4) is 0 Å². The van der Waals surface area contributed by atoms with Crippen molar-refractivity contribution in [2.75, 3.05) is 0 Å². The van der Waals surface area contributed by atoms with E-state index in [0.29, 0.717) is 15.9 Å². The van der Waals surface area contributed by atoms with Crippen LogP contribution in [0.2, 0.25) is 5.02 Å². The number of halogens is 4. The first-order chi connectivity index (χ1) is 6.89. The molecule has 1 heterocycles. The maximum atomic E-state index is 12.5. The lowest BCUT2D eigenvalue weighted by Crippen LogP contribution is -2.06. The quantitative estimate of drug-likeness (QED) is 0.704. The molecule has 0 aliphatic carbocycles. The highest BCUT2D eigenvalue weighted by molar-refractivity contribution is 6.31. The van der Waals surface area contributed by atoms with E-state index < -0.39 is 11.9 Å². The van der Waals surface area contributed by atoms with Crippen molar-refractivity contribution in [3.05, 3.63) is 34.5 Å². The fourth-order valence-electron chi connectivity index (χ4n) is 1.58. The Morgan fingerprint density at radius 2 is 1.93 bits per heavy atom. The van der Waals surface area contributed by atoms with E-state index in [1.165, 1.54) is 13.0 Å². The summed E-state index contributed by atoms with van der Waals surface area (Å²) < 4.78 is 37.6. The van der Waals surface area contributed by atoms with Gasteiger partial charge in [0.1, 0.15) is 5.69 Å². The van der Waals surface area contributed by atoms with E-state index in [1.807, 2.05) is 0 Å². The minimum atomic E-state index is -4.35. The number of aryl methyl sites for hydroxylation is 1. The van der Waals surface area contributed by atoms with Gasteiger partial charge in [0.05, 0.1) is 0 Å². The van der Waals surface area contributed by atoms with Gasteiger partial charge in [-0.1, -0.05) is 11.6 Å². The van der Waals surface area contributed by atoms with Crippen molar-refractivity contribution >= 4 is 22.5 Å². The molecule has 0 bridgehead atoms. The fourth-order valence-corrected chi connectivity index (χ4v) is 1.75. The van der Waals surface area contributed by atoms with Gasteiger partial charge in [-0.3, -0.25) is 0 Å². The second-order valence-corrected chi connectivity index (χ2v) is 3.75. The first-order valence-electron chi connectivity index (χ1n) is 4.24. The smallest absolute Gasteiger partial charge is 0.351 e. The van der Waals surface area contributed by atoms with Crippen LogP contribution in [0, 0.1) is 6.92 Å². The van der Waals surface area contributed by atoms with Crippen LogP contribution in [0.4, 0.5) is 13.2 Å². The van der Waals surface area contributed by atoms with Gasteiger partial charge >= 0.3 is 6.18 Å². The highest BCUT2D eigenvalue weighted by atomic mass is 35.5. The van der Waals surface area contributed by atoms with Crippen LogP contribution in [0.3, 0.4) is 0 Å². The summed E-state index contributed by atoms with van der Waals surface area (Å²) in [5, 5.41) is 0.938. The molecule has 0 atom stereocenters. The third-order valence-electron chi connectivity index (χ3n) is 2.30. The Kier molecular flexibility index (Phi) is 2.19. The van der Waals surface area contributed by atoms with E-state index in [-0.39, 0.29) is 5.56 Å². The number of H-pyrrole nitrogens is 1. The third kappa shape index (κ3) is 1.69. The fraction of sp³-hybridized carbons (Fsp3) is 0.200. The molecule has 80 valence electrons. The lowest BCUT2D eigenvalue weighted by molar-refractivity contribution is -0.141. The number of aromatic amines is 1. The summed E-state index contributed by atoms with van der Waals surface area (Å²) in [5.74, 6) is 0. The molecule has 0 aliphatic heterocycles. The van der Waals surface area contributed by atoms with Gasteiger partial charge in [0, 0.05) is 15.9 Å². The van der Waals surface area contributed by atoms with E-state index >= 15 is 0 Å². The summed E-state index contributed by atoms with van der Waals surface area (Å²) in [5.41, 5.74) is -0.0796. The maximum absolute atomic E-state index is 12.5. The van der Waals surface area contributed by atoms with Gasteiger partial charge in [0.15, 0.2) is 0 Å². The number of rotatable bonds is 0. The molecular formula is C10H7ClF3N. The van der Waals surface area contributed by atoms with Crippen LogP contribution in [-0.2, 0) is 6.18 Å². The lowest BCUT2D eigenvalue weighted by Gasteiger charge is -2.04. The monoisotopic (exact) mass is 233 g/mol. The van der Waals surface area contributed by atoms with Crippen LogP contribution >= 0.6 is 11.6 Å². The number of benzene rings is 1. The molecule has 0 unspecified atom stereocenters. The van der Waals surface area contributed by atoms with Crippen molar-refractivity contribution in [1.82, 2.24) is 4.98 Å². The summed E-state index contributed by atoms with van der Waals surface area (Å²) in [6, 6.07) is 4.62. The molecule has 1 N–H and O–H groups in total. The molecule has 0 saturated heterocycles. The standard InChI is InChI=1S/C10H7ClF3N/c1-5-7-4-6(11)2-3-8(7)15-9(5)10(12,13)14/h2-4,15H,1H3. The van der Waals surface area contributed by atoms with E-state index in [2.05, 4.69) is 4.98 Å². The first-order valence-corrected chi connectivity index (χ1v) is 4.62. The Balaban J connectivity index is 2.76. The third-order valence-corrected chi connectivity index (χ3v) is 2.54. The number of nitrogens with one attached hydrogen (secondary N) is 1. The van der Waals surface area contributed by atoms with Crippen molar-refractivity contribution in [3.63, 3.8) is 0 Å². The number of hydrogen-bond acceptors (Lipinski definition) is 0.